The number of hydrogen-bond acceptors (Lipinski definition) is 0. The lowest BCUT2D eigenvalue weighted by atomic mass is 9.83. The smallest absolute Gasteiger partial charge is 0.0380 e. The molecule has 116 valence electrons. The van der Waals surface area contributed by atoms with Crippen molar-refractivity contribution in [1.82, 2.24) is 0 Å². The lowest BCUT2D eigenvalue weighted by molar-refractivity contribution is 0.291. The number of hydrogen-bond donors (Lipinski definition) is 0. The number of unbranched alkanes of at least 4 members (excludes halogenated alkanes) is 9. The second kappa shape index (κ2) is 11.8. The van der Waals surface area contributed by atoms with Gasteiger partial charge in [0.2, 0.25) is 0 Å². The van der Waals surface area contributed by atoms with Crippen molar-refractivity contribution in [2.24, 2.45) is 11.3 Å². The van der Waals surface area contributed by atoms with Gasteiger partial charge >= 0.3 is 0 Å². The first-order valence-corrected chi connectivity index (χ1v) is 8.95. The fourth-order valence-corrected chi connectivity index (χ4v) is 3.13. The van der Waals surface area contributed by atoms with Crippen LogP contribution in [-0.2, 0) is 0 Å². The van der Waals surface area contributed by atoms with E-state index in [4.69, 9.17) is 0 Å². The summed E-state index contributed by atoms with van der Waals surface area (Å²) in [5.74, 6) is 0.911. The minimum Gasteiger partial charge on any atom is -0.0654 e. The van der Waals surface area contributed by atoms with Crippen LogP contribution in [0.2, 0.25) is 0 Å². The predicted octanol–water partition coefficient (Wildman–Crippen LogP) is 7.37. The minimum atomic E-state index is 0.512. The van der Waals surface area contributed by atoms with Gasteiger partial charge < -0.3 is 0 Å². The van der Waals surface area contributed by atoms with Crippen LogP contribution in [0.25, 0.3) is 0 Å². The molecular formula is C19H40. The lowest BCUT2D eigenvalue weighted by Crippen LogP contribution is -2.10. The van der Waals surface area contributed by atoms with Crippen LogP contribution in [0.4, 0.5) is 0 Å². The van der Waals surface area contributed by atoms with Gasteiger partial charge in [-0.25, -0.2) is 0 Å². The van der Waals surface area contributed by atoms with Gasteiger partial charge in [-0.3, -0.25) is 0 Å². The first-order valence-electron chi connectivity index (χ1n) is 8.95. The van der Waals surface area contributed by atoms with Gasteiger partial charge in [-0.05, 0) is 17.8 Å². The van der Waals surface area contributed by atoms with Crippen LogP contribution in [0.15, 0.2) is 0 Å². The van der Waals surface area contributed by atoms with Crippen LogP contribution in [0.1, 0.15) is 112 Å². The van der Waals surface area contributed by atoms with Crippen molar-refractivity contribution < 1.29 is 0 Å². The Balaban J connectivity index is 3.18. The summed E-state index contributed by atoms with van der Waals surface area (Å²) in [5.41, 5.74) is 0.512. The van der Waals surface area contributed by atoms with Crippen LogP contribution < -0.4 is 0 Å². The Morgan fingerprint density at radius 2 is 1.11 bits per heavy atom. The molecule has 0 aromatic carbocycles. The zero-order valence-corrected chi connectivity index (χ0v) is 14.6. The Hall–Kier alpha value is 0. The van der Waals surface area contributed by atoms with Gasteiger partial charge in [0, 0.05) is 0 Å². The third kappa shape index (κ3) is 15.9. The molecule has 0 spiro atoms. The maximum atomic E-state index is 2.43. The van der Waals surface area contributed by atoms with Crippen LogP contribution in [0.5, 0.6) is 0 Å². The molecule has 0 aromatic rings. The summed E-state index contributed by atoms with van der Waals surface area (Å²) in [6, 6.07) is 0. The van der Waals surface area contributed by atoms with E-state index in [1.165, 1.54) is 77.0 Å². The van der Waals surface area contributed by atoms with Crippen molar-refractivity contribution in [3.8, 4) is 0 Å². The SMILES string of the molecule is CCCCCCCCCCCCC(C)CC(C)(C)C. The minimum absolute atomic E-state index is 0.512. The third-order valence-electron chi connectivity index (χ3n) is 4.01. The molecule has 1 atom stereocenters. The van der Waals surface area contributed by atoms with E-state index < -0.39 is 0 Å². The molecule has 0 N–H and O–H groups in total. The fourth-order valence-electron chi connectivity index (χ4n) is 3.13. The molecule has 0 aliphatic carbocycles. The molecule has 0 aliphatic rings. The van der Waals surface area contributed by atoms with Crippen LogP contribution in [0.3, 0.4) is 0 Å². The highest BCUT2D eigenvalue weighted by molar-refractivity contribution is 4.66. The van der Waals surface area contributed by atoms with Crippen molar-refractivity contribution in [3.63, 3.8) is 0 Å². The van der Waals surface area contributed by atoms with E-state index in [-0.39, 0.29) is 0 Å². The molecule has 0 aliphatic heterocycles. The molecule has 0 fully saturated rings. The molecular weight excluding hydrogens is 228 g/mol. The Kier molecular flexibility index (Phi) is 11.8. The van der Waals surface area contributed by atoms with Crippen LogP contribution in [-0.4, -0.2) is 0 Å². The average Bonchev–Trinajstić information content (AvgIpc) is 2.29. The van der Waals surface area contributed by atoms with Gasteiger partial charge in [-0.2, -0.15) is 0 Å². The molecule has 0 rings (SSSR count). The second-order valence-electron chi connectivity index (χ2n) is 7.84. The molecule has 19 heavy (non-hydrogen) atoms. The maximum absolute atomic E-state index is 2.43. The zero-order chi connectivity index (χ0) is 14.6. The van der Waals surface area contributed by atoms with Crippen molar-refractivity contribution in [1.29, 1.82) is 0 Å². The van der Waals surface area contributed by atoms with E-state index in [0.717, 1.165) is 5.92 Å². The topological polar surface area (TPSA) is 0 Å². The van der Waals surface area contributed by atoms with Gasteiger partial charge in [-0.1, -0.05) is 105 Å². The predicted molar refractivity (Wildman–Crippen MR) is 89.7 cm³/mol. The molecule has 0 radical (unpaired) electrons. The monoisotopic (exact) mass is 268 g/mol. The van der Waals surface area contributed by atoms with Crippen LogP contribution >= 0.6 is 0 Å². The van der Waals surface area contributed by atoms with Crippen molar-refractivity contribution >= 4 is 0 Å². The van der Waals surface area contributed by atoms with Crippen molar-refractivity contribution in [3.05, 3.63) is 0 Å². The first kappa shape index (κ1) is 19.0. The molecule has 0 bridgehead atoms. The standard InChI is InChI=1S/C19H40/c1-6-7-8-9-10-11-12-13-14-15-16-18(2)17-19(3,4)5/h18H,6-17H2,1-5H3. The van der Waals surface area contributed by atoms with Crippen molar-refractivity contribution in [2.45, 2.75) is 112 Å². The molecule has 0 heterocycles. The zero-order valence-electron chi connectivity index (χ0n) is 14.6. The summed E-state index contributed by atoms with van der Waals surface area (Å²) < 4.78 is 0. The Bertz CT molecular complexity index is 175. The molecule has 1 unspecified atom stereocenters. The molecule has 0 nitrogen and oxygen atoms in total. The van der Waals surface area contributed by atoms with E-state index in [1.807, 2.05) is 0 Å². The van der Waals surface area contributed by atoms with E-state index in [9.17, 15) is 0 Å². The summed E-state index contributed by atoms with van der Waals surface area (Å²) in [4.78, 5) is 0. The van der Waals surface area contributed by atoms with Crippen LogP contribution in [0, 0.1) is 11.3 Å². The molecule has 0 saturated carbocycles. The van der Waals surface area contributed by atoms with E-state index in [0.29, 0.717) is 5.41 Å². The maximum Gasteiger partial charge on any atom is -0.0380 e. The fraction of sp³-hybridized carbons (Fsp3) is 1.00. The summed E-state index contributed by atoms with van der Waals surface area (Å²) >= 11 is 0. The first-order chi connectivity index (χ1) is 8.95. The highest BCUT2D eigenvalue weighted by Crippen LogP contribution is 2.27. The van der Waals surface area contributed by atoms with Gasteiger partial charge in [0.05, 0.1) is 0 Å². The molecule has 0 heteroatoms. The largest absolute Gasteiger partial charge is 0.0654 e. The van der Waals surface area contributed by atoms with E-state index in [1.54, 1.807) is 0 Å². The Labute approximate surface area is 123 Å². The van der Waals surface area contributed by atoms with E-state index in [2.05, 4.69) is 34.6 Å². The number of rotatable bonds is 12. The lowest BCUT2D eigenvalue weighted by Gasteiger charge is -2.23. The Morgan fingerprint density at radius 1 is 0.684 bits per heavy atom. The van der Waals surface area contributed by atoms with Gasteiger partial charge in [0.1, 0.15) is 0 Å². The molecule has 0 aromatic heterocycles. The van der Waals surface area contributed by atoms with Gasteiger partial charge in [0.15, 0.2) is 0 Å². The van der Waals surface area contributed by atoms with Gasteiger partial charge in [-0.15, -0.1) is 0 Å². The van der Waals surface area contributed by atoms with Gasteiger partial charge in [0.25, 0.3) is 0 Å². The second-order valence-corrected chi connectivity index (χ2v) is 7.84. The normalized spacial score (nSPS) is 13.7. The van der Waals surface area contributed by atoms with Crippen molar-refractivity contribution in [2.75, 3.05) is 0 Å². The molecule has 0 saturated heterocycles. The summed E-state index contributed by atoms with van der Waals surface area (Å²) in [5, 5.41) is 0. The summed E-state index contributed by atoms with van der Waals surface area (Å²) in [6.07, 6.45) is 17.3. The highest BCUT2D eigenvalue weighted by atomic mass is 14.2. The third-order valence-corrected chi connectivity index (χ3v) is 4.01. The summed E-state index contributed by atoms with van der Waals surface area (Å²) in [6.45, 7) is 11.8. The van der Waals surface area contributed by atoms with E-state index >= 15 is 0 Å². The highest BCUT2D eigenvalue weighted by Gasteiger charge is 2.14. The average molecular weight is 269 g/mol. The summed E-state index contributed by atoms with van der Waals surface area (Å²) in [7, 11) is 0. The molecule has 0 amide bonds. The Morgan fingerprint density at radius 3 is 1.53 bits per heavy atom. The quantitative estimate of drug-likeness (QED) is 0.324.